The van der Waals surface area contributed by atoms with E-state index in [-0.39, 0.29) is 18.7 Å². The fourth-order valence-electron chi connectivity index (χ4n) is 2.84. The molecule has 5 nitrogen and oxygen atoms in total. The highest BCUT2D eigenvalue weighted by Crippen LogP contribution is 2.15. The van der Waals surface area contributed by atoms with Crippen LogP contribution >= 0.6 is 0 Å². The summed E-state index contributed by atoms with van der Waals surface area (Å²) in [6.07, 6.45) is 1.95. The standard InChI is InChI=1S/C17H27N3O2/c1-14-4-3-5-15(12-14)13-20-8-6-16(7-9-20)18-17(22)19(2)10-11-21/h3-5,12,16,21H,6-11,13H2,1-2H3,(H,18,22). The van der Waals surface area contributed by atoms with Gasteiger partial charge in [-0.25, -0.2) is 4.79 Å². The van der Waals surface area contributed by atoms with Gasteiger partial charge in [-0.2, -0.15) is 0 Å². The number of benzene rings is 1. The number of likely N-dealkylation sites (tertiary alicyclic amines) is 1. The lowest BCUT2D eigenvalue weighted by Gasteiger charge is -2.33. The third-order valence-electron chi connectivity index (χ3n) is 4.19. The average Bonchev–Trinajstić information content (AvgIpc) is 2.49. The second-order valence-electron chi connectivity index (χ2n) is 6.13. The lowest BCUT2D eigenvalue weighted by molar-refractivity contribution is 0.167. The van der Waals surface area contributed by atoms with E-state index in [9.17, 15) is 4.79 Å². The molecule has 0 unspecified atom stereocenters. The summed E-state index contributed by atoms with van der Waals surface area (Å²) in [5.41, 5.74) is 2.65. The minimum Gasteiger partial charge on any atom is -0.395 e. The van der Waals surface area contributed by atoms with Crippen molar-refractivity contribution in [3.05, 3.63) is 35.4 Å². The first-order valence-electron chi connectivity index (χ1n) is 7.99. The molecule has 1 aliphatic heterocycles. The van der Waals surface area contributed by atoms with E-state index in [1.807, 2.05) is 0 Å². The summed E-state index contributed by atoms with van der Waals surface area (Å²) >= 11 is 0. The van der Waals surface area contributed by atoms with E-state index in [0.29, 0.717) is 6.54 Å². The molecular weight excluding hydrogens is 278 g/mol. The quantitative estimate of drug-likeness (QED) is 0.868. The summed E-state index contributed by atoms with van der Waals surface area (Å²) in [7, 11) is 1.71. The van der Waals surface area contributed by atoms with E-state index in [2.05, 4.69) is 41.4 Å². The van der Waals surface area contributed by atoms with Crippen LogP contribution in [0.5, 0.6) is 0 Å². The molecule has 1 aliphatic rings. The van der Waals surface area contributed by atoms with Gasteiger partial charge in [0.05, 0.1) is 6.61 Å². The van der Waals surface area contributed by atoms with Crippen molar-refractivity contribution < 1.29 is 9.90 Å². The van der Waals surface area contributed by atoms with Gasteiger partial charge in [-0.3, -0.25) is 4.90 Å². The maximum Gasteiger partial charge on any atom is 0.317 e. The Labute approximate surface area is 132 Å². The van der Waals surface area contributed by atoms with Crippen molar-refractivity contribution in [1.29, 1.82) is 0 Å². The largest absolute Gasteiger partial charge is 0.395 e. The molecule has 122 valence electrons. The van der Waals surface area contributed by atoms with Crippen molar-refractivity contribution in [3.63, 3.8) is 0 Å². The number of aryl methyl sites for hydroxylation is 1. The van der Waals surface area contributed by atoms with E-state index in [4.69, 9.17) is 5.11 Å². The molecule has 0 saturated carbocycles. The Kier molecular flexibility index (Phi) is 6.21. The van der Waals surface area contributed by atoms with E-state index in [1.165, 1.54) is 16.0 Å². The molecule has 1 aromatic carbocycles. The van der Waals surface area contributed by atoms with Gasteiger partial charge in [0.25, 0.3) is 0 Å². The normalized spacial score (nSPS) is 16.5. The number of rotatable bonds is 5. The maximum atomic E-state index is 11.9. The molecule has 2 N–H and O–H groups in total. The molecule has 1 saturated heterocycles. The number of amides is 2. The number of piperidine rings is 1. The number of carbonyl (C=O) groups excluding carboxylic acids is 1. The zero-order chi connectivity index (χ0) is 15.9. The molecule has 0 aliphatic carbocycles. The van der Waals surface area contributed by atoms with Crippen LogP contribution in [0.2, 0.25) is 0 Å². The SMILES string of the molecule is Cc1cccc(CN2CCC(NC(=O)N(C)CCO)CC2)c1. The van der Waals surface area contributed by atoms with Crippen LogP contribution < -0.4 is 5.32 Å². The third kappa shape index (κ3) is 5.00. The summed E-state index contributed by atoms with van der Waals surface area (Å²) in [5, 5.41) is 11.9. The van der Waals surface area contributed by atoms with Gasteiger partial charge < -0.3 is 15.3 Å². The van der Waals surface area contributed by atoms with E-state index in [0.717, 1.165) is 32.5 Å². The predicted octanol–water partition coefficient (Wildman–Crippen LogP) is 1.59. The van der Waals surface area contributed by atoms with Gasteiger partial charge in [0, 0.05) is 39.3 Å². The molecule has 0 atom stereocenters. The highest BCUT2D eigenvalue weighted by atomic mass is 16.3. The van der Waals surface area contributed by atoms with Gasteiger partial charge in [0.1, 0.15) is 0 Å². The predicted molar refractivity (Wildman–Crippen MR) is 87.7 cm³/mol. The summed E-state index contributed by atoms with van der Waals surface area (Å²) in [6, 6.07) is 8.78. The molecule has 2 amide bonds. The molecule has 0 spiro atoms. The topological polar surface area (TPSA) is 55.8 Å². The monoisotopic (exact) mass is 305 g/mol. The van der Waals surface area contributed by atoms with Gasteiger partial charge in [-0.1, -0.05) is 29.8 Å². The van der Waals surface area contributed by atoms with Crippen molar-refractivity contribution in [1.82, 2.24) is 15.1 Å². The molecular formula is C17H27N3O2. The van der Waals surface area contributed by atoms with Gasteiger partial charge in [0.15, 0.2) is 0 Å². The van der Waals surface area contributed by atoms with Gasteiger partial charge in [0.2, 0.25) is 0 Å². The Bertz CT molecular complexity index is 485. The Morgan fingerprint density at radius 2 is 2.14 bits per heavy atom. The van der Waals surface area contributed by atoms with E-state index in [1.54, 1.807) is 7.05 Å². The minimum absolute atomic E-state index is 0.00113. The molecule has 1 heterocycles. The summed E-state index contributed by atoms with van der Waals surface area (Å²) in [6.45, 7) is 5.48. The zero-order valence-corrected chi connectivity index (χ0v) is 13.6. The van der Waals surface area contributed by atoms with Gasteiger partial charge in [-0.15, -0.1) is 0 Å². The molecule has 0 bridgehead atoms. The number of likely N-dealkylation sites (N-methyl/N-ethyl adjacent to an activating group) is 1. The Morgan fingerprint density at radius 1 is 1.41 bits per heavy atom. The number of carbonyl (C=O) groups is 1. The van der Waals surface area contributed by atoms with Crippen molar-refractivity contribution in [2.24, 2.45) is 0 Å². The molecule has 1 fully saturated rings. The van der Waals surface area contributed by atoms with Crippen LogP contribution in [0.15, 0.2) is 24.3 Å². The summed E-state index contributed by atoms with van der Waals surface area (Å²) < 4.78 is 0. The summed E-state index contributed by atoms with van der Waals surface area (Å²) in [5.74, 6) is 0. The molecule has 5 heteroatoms. The van der Waals surface area contributed by atoms with Crippen molar-refractivity contribution in [2.75, 3.05) is 33.3 Å². The molecule has 2 rings (SSSR count). The zero-order valence-electron chi connectivity index (χ0n) is 13.6. The minimum atomic E-state index is -0.0915. The fraction of sp³-hybridized carbons (Fsp3) is 0.588. The average molecular weight is 305 g/mol. The fourth-order valence-corrected chi connectivity index (χ4v) is 2.84. The Morgan fingerprint density at radius 3 is 2.77 bits per heavy atom. The lowest BCUT2D eigenvalue weighted by Crippen LogP contribution is -2.48. The first-order valence-corrected chi connectivity index (χ1v) is 7.99. The van der Waals surface area contributed by atoms with Crippen LogP contribution in [-0.4, -0.2) is 60.3 Å². The molecule has 0 aromatic heterocycles. The van der Waals surface area contributed by atoms with E-state index < -0.39 is 0 Å². The number of aliphatic hydroxyl groups excluding tert-OH is 1. The van der Waals surface area contributed by atoms with Gasteiger partial charge in [-0.05, 0) is 25.3 Å². The number of aliphatic hydroxyl groups is 1. The van der Waals surface area contributed by atoms with Crippen LogP contribution in [0.1, 0.15) is 24.0 Å². The molecule has 1 aromatic rings. The number of nitrogens with zero attached hydrogens (tertiary/aromatic N) is 2. The summed E-state index contributed by atoms with van der Waals surface area (Å²) in [4.78, 5) is 15.9. The van der Waals surface area contributed by atoms with Crippen molar-refractivity contribution >= 4 is 6.03 Å². The first-order chi connectivity index (χ1) is 10.6. The third-order valence-corrected chi connectivity index (χ3v) is 4.19. The van der Waals surface area contributed by atoms with Crippen LogP contribution in [0.25, 0.3) is 0 Å². The Hall–Kier alpha value is -1.59. The number of hydrogen-bond donors (Lipinski definition) is 2. The maximum absolute atomic E-state index is 11.9. The van der Waals surface area contributed by atoms with Gasteiger partial charge >= 0.3 is 6.03 Å². The first kappa shape index (κ1) is 16.8. The number of urea groups is 1. The second kappa shape index (κ2) is 8.15. The van der Waals surface area contributed by atoms with Crippen LogP contribution in [0, 0.1) is 6.92 Å². The highest BCUT2D eigenvalue weighted by molar-refractivity contribution is 5.74. The number of nitrogens with one attached hydrogen (secondary N) is 1. The highest BCUT2D eigenvalue weighted by Gasteiger charge is 2.21. The number of hydrogen-bond acceptors (Lipinski definition) is 3. The van der Waals surface area contributed by atoms with Crippen molar-refractivity contribution in [3.8, 4) is 0 Å². The van der Waals surface area contributed by atoms with Crippen molar-refractivity contribution in [2.45, 2.75) is 32.4 Å². The lowest BCUT2D eigenvalue weighted by atomic mass is 10.0. The molecule has 22 heavy (non-hydrogen) atoms. The second-order valence-corrected chi connectivity index (χ2v) is 6.13. The van der Waals surface area contributed by atoms with Crippen LogP contribution in [0.3, 0.4) is 0 Å². The van der Waals surface area contributed by atoms with E-state index >= 15 is 0 Å². The van der Waals surface area contributed by atoms with Crippen LogP contribution in [0.4, 0.5) is 4.79 Å². The van der Waals surface area contributed by atoms with Crippen LogP contribution in [-0.2, 0) is 6.54 Å². The molecule has 0 radical (unpaired) electrons. The Balaban J connectivity index is 1.75. The smallest absolute Gasteiger partial charge is 0.317 e.